The van der Waals surface area contributed by atoms with E-state index >= 15 is 0 Å². The number of nitrogens with one attached hydrogen (secondary N) is 2. The second-order valence-corrected chi connectivity index (χ2v) is 17.6. The third kappa shape index (κ3) is 16.2. The molecule has 0 aliphatic rings. The number of nitrogens with zero attached hydrogens (tertiary/aromatic N) is 11. The van der Waals surface area contributed by atoms with Crippen LogP contribution in [0.15, 0.2) is 72.8 Å². The van der Waals surface area contributed by atoms with Crippen LogP contribution in [0.3, 0.4) is 0 Å². The molecule has 35 heteroatoms. The standard InChI is InChI=1S/C16H10F4N6O4.C16H14F4N6.C8H8ClN5.C8H7F4N/c1-7-2-11(21-6-8-3-9(16(18,19)20)5-10(17)4-8)22-13-12(7)14(25(27)28)24-15(23-13)26(29)30;1-7-2-11(24-14-12(7)13(21)25-15(22)26-14)23-6-8-3-9(16(18,19)20)5-10(17)4-8;1-3-2-4(9)12-7-5(3)6(10)13-8(11)14-7;9-7-2-5(4-13)1-6(3-7)8(10,11)12/h2-5H,6H2,1H3,(H,21,22,23,24);2-5H,6H2,1H3,(H5,21,22,23,24,25,26);2H,1H3,(H4,10,11,12,13,14);1-3H,4,13H2. The summed E-state index contributed by atoms with van der Waals surface area (Å²) in [6.07, 6.45) is -13.9. The van der Waals surface area contributed by atoms with Crippen LogP contribution in [0.1, 0.15) is 50.1 Å². The molecule has 9 rings (SSSR count). The fraction of sp³-hybridized carbons (Fsp3) is 0.188. The maximum Gasteiger partial charge on any atom is 0.511 e. The van der Waals surface area contributed by atoms with Crippen molar-refractivity contribution in [2.45, 2.75) is 58.9 Å². The van der Waals surface area contributed by atoms with Gasteiger partial charge in [-0.3, -0.25) is 0 Å². The smallest absolute Gasteiger partial charge is 0.389 e. The van der Waals surface area contributed by atoms with E-state index in [0.717, 1.165) is 42.0 Å². The SMILES string of the molecule is Cc1cc(Cl)nc2nc(N)nc(N)c12.Cc1cc(NCc2cc(F)cc(C(F)(F)F)c2)nc2nc(N)nc(N)c12.Cc1cc(NCc2cc(F)cc(C(F)(F)F)c2)nc2nc([N+](=O)[O-])nc([N+](=O)[O-])c12.NCc1cc(F)cc(C(F)(F)F)c1. The van der Waals surface area contributed by atoms with Crippen LogP contribution < -0.4 is 39.3 Å². The van der Waals surface area contributed by atoms with Crippen molar-refractivity contribution in [3.63, 3.8) is 0 Å². The number of fused-ring (bicyclic) bond motifs is 3. The average molecular weight is 1200 g/mol. The highest BCUT2D eigenvalue weighted by atomic mass is 35.5. The molecule has 12 N–H and O–H groups in total. The fourth-order valence-electron chi connectivity index (χ4n) is 7.52. The molecule has 3 aromatic carbocycles. The first-order valence-corrected chi connectivity index (χ1v) is 23.3. The number of nitrogen functional groups attached to an aromatic ring is 4. The number of anilines is 6. The Labute approximate surface area is 461 Å². The zero-order valence-electron chi connectivity index (χ0n) is 42.4. The third-order valence-corrected chi connectivity index (χ3v) is 11.2. The summed E-state index contributed by atoms with van der Waals surface area (Å²) in [4.78, 5) is 54.9. The zero-order valence-corrected chi connectivity index (χ0v) is 43.2. The third-order valence-electron chi connectivity index (χ3n) is 11.0. The Hall–Kier alpha value is -9.86. The predicted octanol–water partition coefficient (Wildman–Crippen LogP) is 10.6. The van der Waals surface area contributed by atoms with Gasteiger partial charge in [-0.2, -0.15) is 64.4 Å². The molecule has 0 radical (unpaired) electrons. The minimum atomic E-state index is -4.73. The van der Waals surface area contributed by atoms with Crippen LogP contribution in [0.4, 0.5) is 99.6 Å². The highest BCUT2D eigenvalue weighted by molar-refractivity contribution is 6.30. The fourth-order valence-corrected chi connectivity index (χ4v) is 7.76. The highest BCUT2D eigenvalue weighted by Gasteiger charge is 2.34. The van der Waals surface area contributed by atoms with Crippen molar-refractivity contribution in [3.05, 3.63) is 166 Å². The largest absolute Gasteiger partial charge is 0.511 e. The van der Waals surface area contributed by atoms with Gasteiger partial charge in [0.15, 0.2) is 11.3 Å². The number of halogens is 13. The van der Waals surface area contributed by atoms with Crippen molar-refractivity contribution in [1.82, 2.24) is 44.9 Å². The van der Waals surface area contributed by atoms with Gasteiger partial charge in [-0.1, -0.05) is 11.6 Å². The molecule has 0 aliphatic heterocycles. The van der Waals surface area contributed by atoms with E-state index in [9.17, 15) is 72.9 Å². The van der Waals surface area contributed by atoms with E-state index in [2.05, 4.69) is 55.5 Å². The molecule has 6 aromatic heterocycles. The molecule has 0 amide bonds. The average Bonchev–Trinajstić information content (AvgIpc) is 3.48. The molecule has 0 unspecified atom stereocenters. The monoisotopic (exact) mass is 1190 g/mol. The van der Waals surface area contributed by atoms with E-state index < -0.39 is 74.3 Å². The topological polar surface area (TPSA) is 356 Å². The molecule has 436 valence electrons. The quantitative estimate of drug-likeness (QED) is 0.0305. The maximum atomic E-state index is 13.5. The summed E-state index contributed by atoms with van der Waals surface area (Å²) in [6, 6.07) is 11.3. The lowest BCUT2D eigenvalue weighted by Crippen LogP contribution is -2.09. The molecule has 83 heavy (non-hydrogen) atoms. The van der Waals surface area contributed by atoms with E-state index in [1.807, 2.05) is 6.92 Å². The van der Waals surface area contributed by atoms with Gasteiger partial charge in [0.05, 0.1) is 27.5 Å². The first kappa shape index (κ1) is 62.3. The van der Waals surface area contributed by atoms with E-state index in [-0.39, 0.29) is 82.1 Å². The lowest BCUT2D eigenvalue weighted by atomic mass is 10.1. The number of hydrogen-bond acceptors (Lipinski definition) is 20. The van der Waals surface area contributed by atoms with Gasteiger partial charge in [0, 0.05) is 24.6 Å². The maximum absolute atomic E-state index is 13.5. The van der Waals surface area contributed by atoms with Gasteiger partial charge < -0.3 is 59.5 Å². The van der Waals surface area contributed by atoms with Gasteiger partial charge >= 0.3 is 30.3 Å². The number of nitro groups is 2. The van der Waals surface area contributed by atoms with Crippen molar-refractivity contribution >= 4 is 91.6 Å². The number of alkyl halides is 9. The van der Waals surface area contributed by atoms with Crippen LogP contribution in [0, 0.1) is 58.5 Å². The molecular weight excluding hydrogens is 1160 g/mol. The Morgan fingerprint density at radius 1 is 0.482 bits per heavy atom. The predicted molar refractivity (Wildman–Crippen MR) is 279 cm³/mol. The Morgan fingerprint density at radius 2 is 0.855 bits per heavy atom. The van der Waals surface area contributed by atoms with Crippen LogP contribution >= 0.6 is 11.6 Å². The molecule has 9 aromatic rings. The van der Waals surface area contributed by atoms with Crippen molar-refractivity contribution in [3.8, 4) is 0 Å². The molecule has 0 atom stereocenters. The van der Waals surface area contributed by atoms with Gasteiger partial charge in [-0.05, 0) is 142 Å². The van der Waals surface area contributed by atoms with E-state index in [0.29, 0.717) is 57.0 Å². The van der Waals surface area contributed by atoms with Crippen LogP contribution in [0.25, 0.3) is 33.1 Å². The summed E-state index contributed by atoms with van der Waals surface area (Å²) in [7, 11) is 0. The summed E-state index contributed by atoms with van der Waals surface area (Å²) in [5.74, 6) is -3.88. The number of aryl methyl sites for hydroxylation is 3. The van der Waals surface area contributed by atoms with Crippen LogP contribution in [0.2, 0.25) is 5.15 Å². The zero-order chi connectivity index (χ0) is 61.6. The van der Waals surface area contributed by atoms with Crippen LogP contribution in [-0.4, -0.2) is 54.7 Å². The number of pyridine rings is 3. The summed E-state index contributed by atoms with van der Waals surface area (Å²) in [5.41, 5.74) is 26.8. The number of benzene rings is 3. The van der Waals surface area contributed by atoms with Crippen molar-refractivity contribution in [2.75, 3.05) is 33.6 Å². The summed E-state index contributed by atoms with van der Waals surface area (Å²) < 4.78 is 153. The van der Waals surface area contributed by atoms with Gasteiger partial charge in [0.2, 0.25) is 11.9 Å². The number of aromatic nitrogens is 9. The Bertz CT molecular complexity index is 3910. The van der Waals surface area contributed by atoms with Crippen molar-refractivity contribution in [1.29, 1.82) is 0 Å². The van der Waals surface area contributed by atoms with Gasteiger partial charge in [0.1, 0.15) is 51.3 Å². The van der Waals surface area contributed by atoms with Gasteiger partial charge in [0.25, 0.3) is 5.65 Å². The molecule has 0 spiro atoms. The molecule has 0 saturated carbocycles. The van der Waals surface area contributed by atoms with E-state index in [4.69, 9.17) is 40.3 Å². The second kappa shape index (κ2) is 24.9. The minimum Gasteiger partial charge on any atom is -0.389 e. The normalized spacial score (nSPS) is 11.5. The first-order chi connectivity index (χ1) is 38.6. The van der Waals surface area contributed by atoms with Crippen molar-refractivity contribution in [2.24, 2.45) is 5.73 Å². The summed E-state index contributed by atoms with van der Waals surface area (Å²) in [5, 5.41) is 29.1. The Kier molecular flexibility index (Phi) is 18.7. The van der Waals surface area contributed by atoms with Crippen LogP contribution in [0.5, 0.6) is 0 Å². The Morgan fingerprint density at radius 3 is 1.25 bits per heavy atom. The molecule has 0 aliphatic carbocycles. The van der Waals surface area contributed by atoms with Gasteiger partial charge in [-0.25, -0.2) is 23.1 Å². The number of nitrogens with two attached hydrogens (primary N) is 5. The van der Waals surface area contributed by atoms with E-state index in [1.54, 1.807) is 19.1 Å². The molecule has 0 saturated heterocycles. The summed E-state index contributed by atoms with van der Waals surface area (Å²) >= 11 is 5.78. The minimum absolute atomic E-state index is 0.0140. The molecular formula is C48H39ClF12N18O4. The second-order valence-electron chi connectivity index (χ2n) is 17.3. The van der Waals surface area contributed by atoms with Crippen LogP contribution in [-0.2, 0) is 38.2 Å². The Balaban J connectivity index is 0.000000188. The number of hydrogen-bond donors (Lipinski definition) is 7. The molecule has 22 nitrogen and oxygen atoms in total. The lowest BCUT2D eigenvalue weighted by molar-refractivity contribution is -0.405. The van der Waals surface area contributed by atoms with Crippen molar-refractivity contribution < 1.29 is 62.5 Å². The lowest BCUT2D eigenvalue weighted by Gasteiger charge is -2.12. The summed E-state index contributed by atoms with van der Waals surface area (Å²) in [6.45, 7) is 4.63. The van der Waals surface area contributed by atoms with E-state index in [1.165, 1.54) is 13.0 Å². The van der Waals surface area contributed by atoms with Gasteiger partial charge in [-0.15, -0.1) is 0 Å². The molecule has 6 heterocycles. The highest BCUT2D eigenvalue weighted by Crippen LogP contribution is 2.34. The molecule has 0 fully saturated rings. The number of rotatable bonds is 9. The first-order valence-electron chi connectivity index (χ1n) is 22.9. The molecule has 0 bridgehead atoms.